The summed E-state index contributed by atoms with van der Waals surface area (Å²) in [7, 11) is 1.86. The average Bonchev–Trinajstić information content (AvgIpc) is 2.74. The lowest BCUT2D eigenvalue weighted by molar-refractivity contribution is -0.134. The number of aromatic nitrogens is 2. The molecule has 1 aliphatic heterocycles. The van der Waals surface area contributed by atoms with Crippen LogP contribution in [0.25, 0.3) is 0 Å². The summed E-state index contributed by atoms with van der Waals surface area (Å²) in [5.41, 5.74) is 6.95. The number of nitrogens with two attached hydrogens (primary N) is 1. The highest BCUT2D eigenvalue weighted by Gasteiger charge is 2.29. The van der Waals surface area contributed by atoms with Gasteiger partial charge in [0.15, 0.2) is 0 Å². The van der Waals surface area contributed by atoms with Gasteiger partial charge in [0.2, 0.25) is 5.91 Å². The van der Waals surface area contributed by atoms with Gasteiger partial charge >= 0.3 is 0 Å². The quantitative estimate of drug-likeness (QED) is 0.858. The van der Waals surface area contributed by atoms with E-state index in [1.165, 1.54) is 6.42 Å². The van der Waals surface area contributed by atoms with E-state index in [1.54, 1.807) is 10.9 Å². The van der Waals surface area contributed by atoms with Crippen molar-refractivity contribution < 1.29 is 4.79 Å². The number of hydrogen-bond acceptors (Lipinski definition) is 3. The van der Waals surface area contributed by atoms with Crippen molar-refractivity contribution in [2.24, 2.45) is 12.8 Å². The molecule has 1 amide bonds. The Hall–Kier alpha value is -1.36. The highest BCUT2D eigenvalue weighted by atomic mass is 16.2. The van der Waals surface area contributed by atoms with Crippen LogP contribution in [-0.2, 0) is 18.3 Å². The number of rotatable bonds is 3. The van der Waals surface area contributed by atoms with Crippen LogP contribution < -0.4 is 5.73 Å². The van der Waals surface area contributed by atoms with Gasteiger partial charge in [-0.2, -0.15) is 5.10 Å². The molecule has 0 radical (unpaired) electrons. The summed E-state index contributed by atoms with van der Waals surface area (Å²) in [6, 6.07) is 0.242. The van der Waals surface area contributed by atoms with Gasteiger partial charge in [0.1, 0.15) is 0 Å². The first kappa shape index (κ1) is 13.1. The molecule has 1 aromatic rings. The molecule has 2 rings (SSSR count). The third-order valence-corrected chi connectivity index (χ3v) is 3.59. The monoisotopic (exact) mass is 250 g/mol. The molecular formula is C13H22N4O. The molecule has 1 saturated heterocycles. The summed E-state index contributed by atoms with van der Waals surface area (Å²) in [6.07, 6.45) is 7.35. The highest BCUT2D eigenvalue weighted by molar-refractivity contribution is 5.79. The summed E-state index contributed by atoms with van der Waals surface area (Å²) >= 11 is 0. The summed E-state index contributed by atoms with van der Waals surface area (Å²) < 4.78 is 1.72. The smallest absolute Gasteiger partial charge is 0.227 e. The molecule has 2 heterocycles. The minimum absolute atomic E-state index is 0.0446. The zero-order chi connectivity index (χ0) is 13.1. The van der Waals surface area contributed by atoms with E-state index in [0.717, 1.165) is 24.9 Å². The maximum absolute atomic E-state index is 12.3. The Morgan fingerprint density at radius 1 is 1.61 bits per heavy atom. The first-order chi connectivity index (χ1) is 8.58. The fourth-order valence-corrected chi connectivity index (χ4v) is 2.65. The second-order valence-corrected chi connectivity index (χ2v) is 5.21. The van der Waals surface area contributed by atoms with Gasteiger partial charge in [-0.3, -0.25) is 9.48 Å². The first-order valence-electron chi connectivity index (χ1n) is 6.60. The second-order valence-electron chi connectivity index (χ2n) is 5.21. The Balaban J connectivity index is 2.02. The minimum atomic E-state index is 0.0446. The highest BCUT2D eigenvalue weighted by Crippen LogP contribution is 2.20. The van der Waals surface area contributed by atoms with Gasteiger partial charge < -0.3 is 10.6 Å². The van der Waals surface area contributed by atoms with Crippen LogP contribution in [0.2, 0.25) is 0 Å². The van der Waals surface area contributed by atoms with Crippen LogP contribution in [0.5, 0.6) is 0 Å². The van der Waals surface area contributed by atoms with Crippen LogP contribution in [0.1, 0.15) is 31.7 Å². The fraction of sp³-hybridized carbons (Fsp3) is 0.692. The molecule has 2 atom stereocenters. The molecule has 0 aliphatic carbocycles. The maximum Gasteiger partial charge on any atom is 0.227 e. The molecule has 2 unspecified atom stereocenters. The van der Waals surface area contributed by atoms with Gasteiger partial charge in [-0.25, -0.2) is 0 Å². The summed E-state index contributed by atoms with van der Waals surface area (Å²) in [5, 5.41) is 4.09. The topological polar surface area (TPSA) is 64.2 Å². The van der Waals surface area contributed by atoms with Crippen molar-refractivity contribution in [1.82, 2.24) is 14.7 Å². The number of carbonyl (C=O) groups is 1. The second kappa shape index (κ2) is 5.52. The zero-order valence-corrected chi connectivity index (χ0v) is 11.2. The van der Waals surface area contributed by atoms with Crippen LogP contribution in [0.3, 0.4) is 0 Å². The molecule has 0 aromatic carbocycles. The number of nitrogens with zero attached hydrogens (tertiary/aromatic N) is 3. The Morgan fingerprint density at radius 3 is 3.00 bits per heavy atom. The molecular weight excluding hydrogens is 228 g/mol. The van der Waals surface area contributed by atoms with Crippen molar-refractivity contribution in [3.63, 3.8) is 0 Å². The lowest BCUT2D eigenvalue weighted by Crippen LogP contribution is -2.52. The third kappa shape index (κ3) is 2.90. The van der Waals surface area contributed by atoms with Crippen LogP contribution >= 0.6 is 0 Å². The Morgan fingerprint density at radius 2 is 2.39 bits per heavy atom. The SMILES string of the molecule is CC(N)C1CCCCN1C(=O)Cc1cnn(C)c1. The van der Waals surface area contributed by atoms with E-state index >= 15 is 0 Å². The molecule has 1 aromatic heterocycles. The lowest BCUT2D eigenvalue weighted by atomic mass is 9.96. The van der Waals surface area contributed by atoms with Crippen molar-refractivity contribution in [2.45, 2.75) is 44.7 Å². The number of amides is 1. The fourth-order valence-electron chi connectivity index (χ4n) is 2.65. The average molecular weight is 250 g/mol. The van der Waals surface area contributed by atoms with E-state index in [9.17, 15) is 4.79 Å². The van der Waals surface area contributed by atoms with E-state index in [-0.39, 0.29) is 18.0 Å². The van der Waals surface area contributed by atoms with Gasteiger partial charge in [-0.1, -0.05) is 0 Å². The standard InChI is InChI=1S/C13H22N4O/c1-10(14)12-5-3-4-6-17(12)13(18)7-11-8-15-16(2)9-11/h8-10,12H,3-7,14H2,1-2H3. The van der Waals surface area contributed by atoms with Gasteiger partial charge in [-0.05, 0) is 31.7 Å². The zero-order valence-electron chi connectivity index (χ0n) is 11.2. The summed E-state index contributed by atoms with van der Waals surface area (Å²) in [4.78, 5) is 14.3. The number of carbonyl (C=O) groups excluding carboxylic acids is 1. The van der Waals surface area contributed by atoms with Crippen LogP contribution in [-0.4, -0.2) is 39.2 Å². The van der Waals surface area contributed by atoms with Crippen molar-refractivity contribution >= 4 is 5.91 Å². The molecule has 100 valence electrons. The third-order valence-electron chi connectivity index (χ3n) is 3.59. The molecule has 2 N–H and O–H groups in total. The van der Waals surface area contributed by atoms with Crippen molar-refractivity contribution in [2.75, 3.05) is 6.54 Å². The van der Waals surface area contributed by atoms with Crippen LogP contribution in [0, 0.1) is 0 Å². The van der Waals surface area contributed by atoms with Gasteiger partial charge in [0.25, 0.3) is 0 Å². The molecule has 18 heavy (non-hydrogen) atoms. The number of likely N-dealkylation sites (tertiary alicyclic amines) is 1. The van der Waals surface area contributed by atoms with Crippen LogP contribution in [0.15, 0.2) is 12.4 Å². The Labute approximate surface area is 108 Å². The largest absolute Gasteiger partial charge is 0.338 e. The normalized spacial score (nSPS) is 21.9. The van der Waals surface area contributed by atoms with Crippen molar-refractivity contribution in [1.29, 1.82) is 0 Å². The number of piperidine rings is 1. The predicted octanol–water partition coefficient (Wildman–Crippen LogP) is 0.691. The Kier molecular flexibility index (Phi) is 4.01. The van der Waals surface area contributed by atoms with Gasteiger partial charge in [-0.15, -0.1) is 0 Å². The number of aryl methyl sites for hydroxylation is 1. The van der Waals surface area contributed by atoms with E-state index in [4.69, 9.17) is 5.73 Å². The van der Waals surface area contributed by atoms with Gasteiger partial charge in [0.05, 0.1) is 12.6 Å². The van der Waals surface area contributed by atoms with E-state index in [2.05, 4.69) is 5.10 Å². The summed E-state index contributed by atoms with van der Waals surface area (Å²) in [6.45, 7) is 2.83. The van der Waals surface area contributed by atoms with Crippen molar-refractivity contribution in [3.8, 4) is 0 Å². The first-order valence-corrected chi connectivity index (χ1v) is 6.60. The van der Waals surface area contributed by atoms with E-state index in [1.807, 2.05) is 25.1 Å². The molecule has 1 fully saturated rings. The summed E-state index contributed by atoms with van der Waals surface area (Å²) in [5.74, 6) is 0.171. The van der Waals surface area contributed by atoms with Crippen LogP contribution in [0.4, 0.5) is 0 Å². The lowest BCUT2D eigenvalue weighted by Gasteiger charge is -2.38. The minimum Gasteiger partial charge on any atom is -0.338 e. The maximum atomic E-state index is 12.3. The van der Waals surface area contributed by atoms with Crippen molar-refractivity contribution in [3.05, 3.63) is 18.0 Å². The molecule has 0 spiro atoms. The molecule has 0 bridgehead atoms. The Bertz CT molecular complexity index is 413. The van der Waals surface area contributed by atoms with E-state index < -0.39 is 0 Å². The molecule has 1 aliphatic rings. The van der Waals surface area contributed by atoms with E-state index in [0.29, 0.717) is 6.42 Å². The van der Waals surface area contributed by atoms with Gasteiger partial charge in [0, 0.05) is 31.9 Å². The molecule has 0 saturated carbocycles. The molecule has 5 heteroatoms. The molecule has 5 nitrogen and oxygen atoms in total. The predicted molar refractivity (Wildman–Crippen MR) is 69.9 cm³/mol. The number of hydrogen-bond donors (Lipinski definition) is 1.